The number of carbonyl (C=O) groups is 2. The number of thiocarbonyl (C=S) groups is 1. The molecule has 2 amide bonds. The van der Waals surface area contributed by atoms with E-state index in [1.54, 1.807) is 12.1 Å². The molecule has 4 N–H and O–H groups in total. The predicted molar refractivity (Wildman–Crippen MR) is 104 cm³/mol. The zero-order chi connectivity index (χ0) is 19.2. The van der Waals surface area contributed by atoms with Crippen LogP contribution in [0.15, 0.2) is 24.3 Å². The average molecular weight is 365 g/mol. The van der Waals surface area contributed by atoms with Crippen LogP contribution in [0.2, 0.25) is 0 Å². The predicted octanol–water partition coefficient (Wildman–Crippen LogP) is 2.04. The monoisotopic (exact) mass is 364 g/mol. The first-order valence-corrected chi connectivity index (χ1v) is 8.66. The van der Waals surface area contributed by atoms with Crippen LogP contribution in [-0.4, -0.2) is 28.5 Å². The maximum absolute atomic E-state index is 12.5. The van der Waals surface area contributed by atoms with E-state index in [1.165, 1.54) is 0 Å². The van der Waals surface area contributed by atoms with Gasteiger partial charge in [0, 0.05) is 11.1 Å². The van der Waals surface area contributed by atoms with E-state index in [0.29, 0.717) is 10.7 Å². The number of hydrazine groups is 1. The highest BCUT2D eigenvalue weighted by Gasteiger charge is 2.25. The zero-order valence-electron chi connectivity index (χ0n) is 15.7. The van der Waals surface area contributed by atoms with Gasteiger partial charge in [0.2, 0.25) is 0 Å². The van der Waals surface area contributed by atoms with Crippen molar-refractivity contribution in [1.29, 1.82) is 0 Å². The lowest BCUT2D eigenvalue weighted by atomic mass is 10.0. The maximum atomic E-state index is 12.5. The summed E-state index contributed by atoms with van der Waals surface area (Å²) in [5.41, 5.74) is 6.41. The first-order valence-electron chi connectivity index (χ1n) is 8.26. The number of benzene rings is 1. The Morgan fingerprint density at radius 3 is 2.20 bits per heavy atom. The largest absolute Gasteiger partial charge is 0.357 e. The number of aryl methyl sites for hydroxylation is 1. The standard InChI is InChI=1S/C18H28N4O2S/c1-11(2)14(16(24)21-22-17(25)20-18(4,5)6)19-15(23)13-10-8-7-9-12(13)3/h7-11,14H,1-6H3,(H,19,23)(H,21,24)(H2,20,22,25)/t14-/m0/s1. The van der Waals surface area contributed by atoms with E-state index in [4.69, 9.17) is 12.2 Å². The molecule has 0 aliphatic carbocycles. The fraction of sp³-hybridized carbons (Fsp3) is 0.500. The summed E-state index contributed by atoms with van der Waals surface area (Å²) in [4.78, 5) is 24.9. The lowest BCUT2D eigenvalue weighted by Gasteiger charge is -2.25. The Bertz CT molecular complexity index is 638. The lowest BCUT2D eigenvalue weighted by Crippen LogP contribution is -2.57. The zero-order valence-corrected chi connectivity index (χ0v) is 16.5. The van der Waals surface area contributed by atoms with Gasteiger partial charge in [-0.2, -0.15) is 0 Å². The van der Waals surface area contributed by atoms with Crippen molar-refractivity contribution in [1.82, 2.24) is 21.5 Å². The molecule has 1 aromatic rings. The molecule has 0 spiro atoms. The fourth-order valence-corrected chi connectivity index (χ4v) is 2.51. The van der Waals surface area contributed by atoms with Crippen molar-refractivity contribution in [3.05, 3.63) is 35.4 Å². The Morgan fingerprint density at radius 1 is 1.08 bits per heavy atom. The summed E-state index contributed by atoms with van der Waals surface area (Å²) in [5, 5.41) is 6.14. The highest BCUT2D eigenvalue weighted by atomic mass is 32.1. The molecule has 0 radical (unpaired) electrons. The molecular weight excluding hydrogens is 336 g/mol. The normalized spacial score (nSPS) is 12.3. The van der Waals surface area contributed by atoms with Crippen LogP contribution < -0.4 is 21.5 Å². The first kappa shape index (κ1) is 20.9. The molecule has 7 heteroatoms. The van der Waals surface area contributed by atoms with Gasteiger partial charge in [0.05, 0.1) is 0 Å². The molecule has 1 aromatic carbocycles. The van der Waals surface area contributed by atoms with E-state index in [0.717, 1.165) is 5.56 Å². The second kappa shape index (κ2) is 8.80. The average Bonchev–Trinajstić information content (AvgIpc) is 2.48. The highest BCUT2D eigenvalue weighted by Crippen LogP contribution is 2.09. The van der Waals surface area contributed by atoms with Crippen molar-refractivity contribution in [2.24, 2.45) is 5.92 Å². The van der Waals surface area contributed by atoms with Gasteiger partial charge in [-0.1, -0.05) is 32.0 Å². The number of hydrogen-bond donors (Lipinski definition) is 4. The number of amides is 2. The lowest BCUT2D eigenvalue weighted by molar-refractivity contribution is -0.124. The van der Waals surface area contributed by atoms with E-state index < -0.39 is 6.04 Å². The van der Waals surface area contributed by atoms with E-state index in [1.807, 2.05) is 53.7 Å². The van der Waals surface area contributed by atoms with E-state index >= 15 is 0 Å². The smallest absolute Gasteiger partial charge is 0.261 e. The third-order valence-electron chi connectivity index (χ3n) is 3.41. The number of rotatable bonds is 4. The summed E-state index contributed by atoms with van der Waals surface area (Å²) < 4.78 is 0. The van der Waals surface area contributed by atoms with Crippen molar-refractivity contribution >= 4 is 29.1 Å². The van der Waals surface area contributed by atoms with Crippen LogP contribution in [0.25, 0.3) is 0 Å². The van der Waals surface area contributed by atoms with Gasteiger partial charge in [-0.15, -0.1) is 0 Å². The molecule has 0 saturated heterocycles. The molecule has 0 bridgehead atoms. The molecule has 0 aliphatic heterocycles. The SMILES string of the molecule is Cc1ccccc1C(=O)N[C@H](C(=O)NNC(=S)NC(C)(C)C)C(C)C. The molecule has 0 aromatic heterocycles. The Kier molecular flexibility index (Phi) is 7.36. The summed E-state index contributed by atoms with van der Waals surface area (Å²) in [6, 6.07) is 6.58. The quantitative estimate of drug-likeness (QED) is 0.486. The summed E-state index contributed by atoms with van der Waals surface area (Å²) in [7, 11) is 0. The summed E-state index contributed by atoms with van der Waals surface area (Å²) in [6.07, 6.45) is 0. The number of carbonyl (C=O) groups excluding carboxylic acids is 2. The van der Waals surface area contributed by atoms with Crippen LogP contribution in [0.4, 0.5) is 0 Å². The molecular formula is C18H28N4O2S. The molecule has 6 nitrogen and oxygen atoms in total. The summed E-state index contributed by atoms with van der Waals surface area (Å²) in [6.45, 7) is 11.5. The minimum atomic E-state index is -0.683. The molecule has 1 rings (SSSR count). The van der Waals surface area contributed by atoms with Gasteiger partial charge in [0.25, 0.3) is 11.8 Å². The van der Waals surface area contributed by atoms with Gasteiger partial charge in [-0.3, -0.25) is 20.4 Å². The Hall–Kier alpha value is -2.15. The van der Waals surface area contributed by atoms with Gasteiger partial charge in [0.15, 0.2) is 5.11 Å². The summed E-state index contributed by atoms with van der Waals surface area (Å²) in [5.74, 6) is -0.712. The molecule has 138 valence electrons. The summed E-state index contributed by atoms with van der Waals surface area (Å²) >= 11 is 5.13. The van der Waals surface area contributed by atoms with Gasteiger partial charge in [-0.05, 0) is 57.5 Å². The highest BCUT2D eigenvalue weighted by molar-refractivity contribution is 7.80. The minimum absolute atomic E-state index is 0.0843. The Morgan fingerprint density at radius 2 is 1.68 bits per heavy atom. The van der Waals surface area contributed by atoms with Crippen LogP contribution in [0, 0.1) is 12.8 Å². The van der Waals surface area contributed by atoms with Crippen molar-refractivity contribution in [2.45, 2.75) is 53.1 Å². The third-order valence-corrected chi connectivity index (χ3v) is 3.62. The van der Waals surface area contributed by atoms with Gasteiger partial charge >= 0.3 is 0 Å². The van der Waals surface area contributed by atoms with Gasteiger partial charge in [-0.25, -0.2) is 0 Å². The van der Waals surface area contributed by atoms with Crippen LogP contribution in [0.3, 0.4) is 0 Å². The number of hydrogen-bond acceptors (Lipinski definition) is 3. The Balaban J connectivity index is 2.70. The van der Waals surface area contributed by atoms with Crippen molar-refractivity contribution in [3.63, 3.8) is 0 Å². The van der Waals surface area contributed by atoms with Crippen LogP contribution in [-0.2, 0) is 4.79 Å². The molecule has 0 unspecified atom stereocenters. The van der Waals surface area contributed by atoms with Crippen LogP contribution in [0.1, 0.15) is 50.5 Å². The van der Waals surface area contributed by atoms with Gasteiger partial charge < -0.3 is 10.6 Å². The second-order valence-electron chi connectivity index (χ2n) is 7.33. The van der Waals surface area contributed by atoms with E-state index in [2.05, 4.69) is 21.5 Å². The van der Waals surface area contributed by atoms with E-state index in [9.17, 15) is 9.59 Å². The van der Waals surface area contributed by atoms with Crippen LogP contribution in [0.5, 0.6) is 0 Å². The second-order valence-corrected chi connectivity index (χ2v) is 7.74. The van der Waals surface area contributed by atoms with E-state index in [-0.39, 0.29) is 23.3 Å². The Labute approximate surface area is 155 Å². The van der Waals surface area contributed by atoms with Gasteiger partial charge in [0.1, 0.15) is 6.04 Å². The first-order chi connectivity index (χ1) is 11.5. The molecule has 0 heterocycles. The topological polar surface area (TPSA) is 82.3 Å². The molecule has 25 heavy (non-hydrogen) atoms. The molecule has 0 aliphatic rings. The third kappa shape index (κ3) is 7.09. The molecule has 0 saturated carbocycles. The number of nitrogens with one attached hydrogen (secondary N) is 4. The minimum Gasteiger partial charge on any atom is -0.357 e. The van der Waals surface area contributed by atoms with Crippen molar-refractivity contribution in [3.8, 4) is 0 Å². The maximum Gasteiger partial charge on any atom is 0.261 e. The van der Waals surface area contributed by atoms with Crippen LogP contribution >= 0.6 is 12.2 Å². The fourth-order valence-electron chi connectivity index (χ4n) is 2.15. The van der Waals surface area contributed by atoms with Crippen molar-refractivity contribution < 1.29 is 9.59 Å². The molecule has 1 atom stereocenters. The van der Waals surface area contributed by atoms with Crippen molar-refractivity contribution in [2.75, 3.05) is 0 Å². The molecule has 0 fully saturated rings.